The zero-order chi connectivity index (χ0) is 37.2. The van der Waals surface area contributed by atoms with Crippen LogP contribution < -0.4 is 27.7 Å². The fourth-order valence-corrected chi connectivity index (χ4v) is 5.89. The van der Waals surface area contributed by atoms with Gasteiger partial charge in [-0.3, -0.25) is 0 Å². The topological polar surface area (TPSA) is 70.9 Å². The SMILES string of the molecule is C[n+]1ccc(-c2cc[n+](CCOCCOCCOc3cccc4c(OCCOCCOCC[n+]5ccc(-c6cc[n+](C)cc6)cc5)cccc34)cc2)cc1. The molecule has 6 rings (SSSR count). The first-order valence-corrected chi connectivity index (χ1v) is 18.6. The van der Waals surface area contributed by atoms with Crippen molar-refractivity contribution in [2.24, 2.45) is 14.1 Å². The van der Waals surface area contributed by atoms with Gasteiger partial charge in [-0.1, -0.05) is 24.3 Å². The minimum Gasteiger partial charge on any atom is -0.491 e. The Morgan fingerprint density at radius 2 is 0.667 bits per heavy atom. The molecule has 2 aromatic carbocycles. The summed E-state index contributed by atoms with van der Waals surface area (Å²) in [6.45, 7) is 6.76. The summed E-state index contributed by atoms with van der Waals surface area (Å²) in [5, 5.41) is 2.00. The fourth-order valence-electron chi connectivity index (χ4n) is 5.89. The van der Waals surface area contributed by atoms with E-state index in [1.807, 2.05) is 59.6 Å². The molecule has 0 fully saturated rings. The fraction of sp³-hybridized carbons (Fsp3) is 0.318. The maximum Gasteiger partial charge on any atom is 0.171 e. The molecule has 0 N–H and O–H groups in total. The molecule has 0 unspecified atom stereocenters. The molecule has 6 aromatic rings. The lowest BCUT2D eigenvalue weighted by atomic mass is 10.1. The molecule has 0 aliphatic rings. The van der Waals surface area contributed by atoms with Crippen molar-refractivity contribution in [1.82, 2.24) is 0 Å². The second kappa shape index (κ2) is 20.8. The largest absolute Gasteiger partial charge is 0.491 e. The monoisotopic (exact) mass is 732 g/mol. The quantitative estimate of drug-likeness (QED) is 0.0750. The number of rotatable bonds is 22. The van der Waals surface area contributed by atoms with Gasteiger partial charge in [0.25, 0.3) is 0 Å². The summed E-state index contributed by atoms with van der Waals surface area (Å²) in [6.07, 6.45) is 16.6. The lowest BCUT2D eigenvalue weighted by Crippen LogP contribution is -2.35. The smallest absolute Gasteiger partial charge is 0.171 e. The van der Waals surface area contributed by atoms with E-state index in [2.05, 4.69) is 107 Å². The van der Waals surface area contributed by atoms with Gasteiger partial charge in [0.05, 0.1) is 39.6 Å². The van der Waals surface area contributed by atoms with Crippen LogP contribution in [0, 0.1) is 0 Å². The average Bonchev–Trinajstić information content (AvgIpc) is 3.21. The Kier molecular flexibility index (Phi) is 14.8. The van der Waals surface area contributed by atoms with E-state index in [4.69, 9.17) is 28.4 Å². The highest BCUT2D eigenvalue weighted by Crippen LogP contribution is 2.32. The van der Waals surface area contributed by atoms with Crippen LogP contribution in [0.15, 0.2) is 135 Å². The number of benzene rings is 2. The highest BCUT2D eigenvalue weighted by atomic mass is 16.5. The average molecular weight is 733 g/mol. The van der Waals surface area contributed by atoms with Crippen molar-refractivity contribution in [3.63, 3.8) is 0 Å². The van der Waals surface area contributed by atoms with Crippen molar-refractivity contribution in [3.8, 4) is 33.8 Å². The minimum atomic E-state index is 0.445. The van der Waals surface area contributed by atoms with E-state index in [1.165, 1.54) is 22.3 Å². The molecular weight excluding hydrogens is 681 g/mol. The second-order valence-corrected chi connectivity index (χ2v) is 12.9. The van der Waals surface area contributed by atoms with Crippen molar-refractivity contribution in [3.05, 3.63) is 135 Å². The van der Waals surface area contributed by atoms with E-state index >= 15 is 0 Å². The van der Waals surface area contributed by atoms with E-state index in [0.717, 1.165) is 35.4 Å². The molecule has 0 spiro atoms. The highest BCUT2D eigenvalue weighted by Gasteiger charge is 2.09. The van der Waals surface area contributed by atoms with Crippen LogP contribution in [0.5, 0.6) is 11.5 Å². The second-order valence-electron chi connectivity index (χ2n) is 12.9. The Morgan fingerprint density at radius 3 is 1.04 bits per heavy atom. The number of hydrogen-bond donors (Lipinski definition) is 0. The van der Waals surface area contributed by atoms with Crippen LogP contribution in [0.1, 0.15) is 0 Å². The van der Waals surface area contributed by atoms with Gasteiger partial charge >= 0.3 is 0 Å². The number of fused-ring (bicyclic) bond motifs is 1. The molecule has 4 heterocycles. The highest BCUT2D eigenvalue weighted by molar-refractivity contribution is 5.93. The lowest BCUT2D eigenvalue weighted by molar-refractivity contribution is -0.698. The van der Waals surface area contributed by atoms with E-state index in [9.17, 15) is 0 Å². The Morgan fingerprint density at radius 1 is 0.352 bits per heavy atom. The molecular formula is C44H52N4O6+4. The van der Waals surface area contributed by atoms with Crippen LogP contribution in [0.3, 0.4) is 0 Å². The summed E-state index contributed by atoms with van der Waals surface area (Å²) in [5.74, 6) is 1.60. The van der Waals surface area contributed by atoms with Crippen molar-refractivity contribution < 1.29 is 46.7 Å². The zero-order valence-electron chi connectivity index (χ0n) is 31.4. The molecule has 4 aromatic heterocycles. The lowest BCUT2D eigenvalue weighted by Gasteiger charge is -2.13. The first kappa shape index (κ1) is 38.5. The molecule has 0 aliphatic heterocycles. The molecule has 0 saturated carbocycles. The van der Waals surface area contributed by atoms with E-state index < -0.39 is 0 Å². The first-order chi connectivity index (χ1) is 26.6. The Bertz CT molecular complexity index is 1840. The van der Waals surface area contributed by atoms with E-state index in [-0.39, 0.29) is 0 Å². The van der Waals surface area contributed by atoms with Crippen molar-refractivity contribution >= 4 is 10.8 Å². The van der Waals surface area contributed by atoms with Gasteiger partial charge in [-0.15, -0.1) is 0 Å². The number of aromatic nitrogens is 4. The summed E-state index contributed by atoms with van der Waals surface area (Å²) in [7, 11) is 4.04. The maximum atomic E-state index is 6.09. The van der Waals surface area contributed by atoms with Crippen LogP contribution in [0.2, 0.25) is 0 Å². The Hall–Kier alpha value is -5.26. The van der Waals surface area contributed by atoms with Crippen molar-refractivity contribution in [1.29, 1.82) is 0 Å². The van der Waals surface area contributed by atoms with Crippen molar-refractivity contribution in [2.75, 3.05) is 66.1 Å². The molecule has 0 saturated heterocycles. The minimum absolute atomic E-state index is 0.445. The predicted octanol–water partition coefficient (Wildman–Crippen LogP) is 4.62. The Labute approximate surface area is 318 Å². The zero-order valence-corrected chi connectivity index (χ0v) is 31.4. The third-order valence-corrected chi connectivity index (χ3v) is 8.95. The predicted molar refractivity (Wildman–Crippen MR) is 205 cm³/mol. The summed E-state index contributed by atoms with van der Waals surface area (Å²) < 4.78 is 43.6. The summed E-state index contributed by atoms with van der Waals surface area (Å²) in [5.41, 5.74) is 4.80. The van der Waals surface area contributed by atoms with Gasteiger partial charge in [0, 0.05) is 59.3 Å². The number of aryl methyl sites for hydroxylation is 2. The molecule has 0 radical (unpaired) electrons. The van der Waals surface area contributed by atoms with Crippen LogP contribution >= 0.6 is 0 Å². The number of hydrogen-bond acceptors (Lipinski definition) is 6. The molecule has 0 bridgehead atoms. The number of nitrogens with zero attached hydrogens (tertiary/aromatic N) is 4. The normalized spacial score (nSPS) is 11.2. The summed E-state index contributed by atoms with van der Waals surface area (Å²) in [6, 6.07) is 29.0. The van der Waals surface area contributed by atoms with Crippen LogP contribution in [0.25, 0.3) is 33.0 Å². The standard InChI is InChI=1S/C44H52N4O6/c1-45-17-9-37(10-18-45)39-13-21-47(22-14-39)25-27-49-29-31-51-33-35-53-43-7-3-6-42-41(43)5-4-8-44(42)54-36-34-52-32-30-50-28-26-48-23-15-40(16-24-48)38-11-19-46(2)20-12-38/h3-24H,25-36H2,1-2H3/q+4. The molecule has 0 aliphatic carbocycles. The van der Waals surface area contributed by atoms with Gasteiger partial charge in [-0.25, -0.2) is 18.3 Å². The third-order valence-electron chi connectivity index (χ3n) is 8.95. The molecule has 0 atom stereocenters. The molecule has 10 heteroatoms. The van der Waals surface area contributed by atoms with Gasteiger partial charge in [0.2, 0.25) is 0 Å². The van der Waals surface area contributed by atoms with E-state index in [0.29, 0.717) is 66.1 Å². The van der Waals surface area contributed by atoms with E-state index in [1.54, 1.807) is 0 Å². The number of ether oxygens (including phenoxy) is 6. The molecule has 0 amide bonds. The summed E-state index contributed by atoms with van der Waals surface area (Å²) in [4.78, 5) is 0. The van der Waals surface area contributed by atoms with Crippen LogP contribution in [0.4, 0.5) is 0 Å². The van der Waals surface area contributed by atoms with Crippen LogP contribution in [-0.4, -0.2) is 66.1 Å². The molecule has 10 nitrogen and oxygen atoms in total. The van der Waals surface area contributed by atoms with Gasteiger partial charge in [-0.05, 0) is 34.4 Å². The summed E-state index contributed by atoms with van der Waals surface area (Å²) >= 11 is 0. The van der Waals surface area contributed by atoms with Crippen LogP contribution in [-0.2, 0) is 46.1 Å². The van der Waals surface area contributed by atoms with Gasteiger partial charge in [0.15, 0.2) is 62.7 Å². The first-order valence-electron chi connectivity index (χ1n) is 18.6. The molecule has 54 heavy (non-hydrogen) atoms. The van der Waals surface area contributed by atoms with Gasteiger partial charge < -0.3 is 28.4 Å². The number of pyridine rings is 4. The van der Waals surface area contributed by atoms with Gasteiger partial charge in [-0.2, -0.15) is 0 Å². The Balaban J connectivity index is 0.799. The van der Waals surface area contributed by atoms with Gasteiger partial charge in [0.1, 0.15) is 52.0 Å². The maximum absolute atomic E-state index is 6.09. The molecule has 280 valence electrons. The third kappa shape index (κ3) is 11.9. The van der Waals surface area contributed by atoms with Crippen molar-refractivity contribution in [2.45, 2.75) is 13.1 Å².